The Hall–Kier alpha value is -2.85. The number of rotatable bonds is 9. The van der Waals surface area contributed by atoms with Crippen LogP contribution in [0.4, 0.5) is 11.8 Å². The molecule has 3 aromatic heterocycles. The van der Waals surface area contributed by atoms with Crippen molar-refractivity contribution in [2.75, 3.05) is 30.9 Å². The molecular weight excluding hydrogens is 486 g/mol. The van der Waals surface area contributed by atoms with Crippen LogP contribution < -0.4 is 16.0 Å². The van der Waals surface area contributed by atoms with Gasteiger partial charge in [0.2, 0.25) is 11.9 Å². The van der Waals surface area contributed by atoms with Crippen LogP contribution in [0.2, 0.25) is 0 Å². The number of aromatic nitrogens is 4. The highest BCUT2D eigenvalue weighted by Gasteiger charge is 2.33. The third kappa shape index (κ3) is 6.01. The summed E-state index contributed by atoms with van der Waals surface area (Å²) in [4.78, 5) is 32.1. The van der Waals surface area contributed by atoms with Crippen LogP contribution in [0.25, 0.3) is 20.8 Å². The van der Waals surface area contributed by atoms with E-state index in [1.54, 1.807) is 18.4 Å². The fraction of sp³-hybridized carbons (Fsp3) is 0.593. The summed E-state index contributed by atoms with van der Waals surface area (Å²) >= 11 is 1.66. The first-order valence-electron chi connectivity index (χ1n) is 13.2. The molecule has 3 heterocycles. The molecule has 37 heavy (non-hydrogen) atoms. The zero-order valence-electron chi connectivity index (χ0n) is 22.4. The minimum Gasteiger partial charge on any atom is -0.383 e. The second-order valence-electron chi connectivity index (χ2n) is 11.2. The van der Waals surface area contributed by atoms with E-state index in [9.17, 15) is 4.79 Å². The van der Waals surface area contributed by atoms with Crippen molar-refractivity contribution in [1.82, 2.24) is 25.3 Å². The molecule has 9 nitrogen and oxygen atoms in total. The predicted molar refractivity (Wildman–Crippen MR) is 148 cm³/mol. The van der Waals surface area contributed by atoms with E-state index in [1.165, 1.54) is 12.8 Å². The van der Waals surface area contributed by atoms with E-state index in [1.807, 2.05) is 40.0 Å². The molecule has 2 atom stereocenters. The average Bonchev–Trinajstić information content (AvgIpc) is 3.40. The number of anilines is 2. The topological polar surface area (TPSA) is 114 Å². The maximum atomic E-state index is 12.8. The second-order valence-corrected chi connectivity index (χ2v) is 12.2. The number of hydrogen-bond donors (Lipinski definition) is 3. The molecule has 2 aliphatic carbocycles. The molecule has 2 aliphatic rings. The Bertz CT molecular complexity index is 1280. The van der Waals surface area contributed by atoms with E-state index in [2.05, 4.69) is 20.9 Å². The number of pyridine rings is 1. The van der Waals surface area contributed by atoms with E-state index in [0.29, 0.717) is 25.0 Å². The Morgan fingerprint density at radius 1 is 1.16 bits per heavy atom. The van der Waals surface area contributed by atoms with E-state index < -0.39 is 0 Å². The van der Waals surface area contributed by atoms with Gasteiger partial charge < -0.3 is 20.7 Å². The van der Waals surface area contributed by atoms with Gasteiger partial charge in [-0.1, -0.05) is 0 Å². The Morgan fingerprint density at radius 3 is 2.70 bits per heavy atom. The number of hydrogen-bond acceptors (Lipinski definition) is 9. The Morgan fingerprint density at radius 2 is 1.97 bits per heavy atom. The monoisotopic (exact) mass is 523 g/mol. The van der Waals surface area contributed by atoms with Crippen LogP contribution in [0.3, 0.4) is 0 Å². The van der Waals surface area contributed by atoms with Gasteiger partial charge in [0.15, 0.2) is 0 Å². The van der Waals surface area contributed by atoms with Gasteiger partial charge >= 0.3 is 0 Å². The summed E-state index contributed by atoms with van der Waals surface area (Å²) in [5.41, 5.74) is 3.65. The largest absolute Gasteiger partial charge is 0.383 e. The molecule has 10 heteroatoms. The van der Waals surface area contributed by atoms with Crippen molar-refractivity contribution in [1.29, 1.82) is 0 Å². The van der Waals surface area contributed by atoms with Crippen LogP contribution in [-0.2, 0) is 9.53 Å². The van der Waals surface area contributed by atoms with Gasteiger partial charge in [0, 0.05) is 43.3 Å². The summed E-state index contributed by atoms with van der Waals surface area (Å²) in [6.45, 7) is 9.24. The molecule has 0 bridgehead atoms. The van der Waals surface area contributed by atoms with Crippen LogP contribution in [0.1, 0.15) is 70.2 Å². The summed E-state index contributed by atoms with van der Waals surface area (Å²) in [7, 11) is 1.67. The molecule has 5 rings (SSSR count). The Balaban J connectivity index is 1.45. The average molecular weight is 524 g/mol. The smallest absolute Gasteiger partial charge is 0.224 e. The Labute approximate surface area is 222 Å². The number of fused-ring (bicyclic) bond motifs is 1. The van der Waals surface area contributed by atoms with Crippen molar-refractivity contribution in [2.24, 2.45) is 5.92 Å². The van der Waals surface area contributed by atoms with Crippen molar-refractivity contribution < 1.29 is 9.53 Å². The lowest BCUT2D eigenvalue weighted by Crippen LogP contribution is -2.43. The van der Waals surface area contributed by atoms with E-state index in [4.69, 9.17) is 19.7 Å². The molecule has 1 amide bonds. The van der Waals surface area contributed by atoms with Gasteiger partial charge in [0.25, 0.3) is 0 Å². The van der Waals surface area contributed by atoms with E-state index in [0.717, 1.165) is 57.3 Å². The van der Waals surface area contributed by atoms with Crippen molar-refractivity contribution in [3.05, 3.63) is 23.7 Å². The Kier molecular flexibility index (Phi) is 7.31. The normalized spacial score (nSPS) is 19.8. The lowest BCUT2D eigenvalue weighted by Gasteiger charge is -2.23. The van der Waals surface area contributed by atoms with Crippen LogP contribution in [0.15, 0.2) is 12.3 Å². The summed E-state index contributed by atoms with van der Waals surface area (Å²) in [6, 6.07) is 2.19. The van der Waals surface area contributed by atoms with Gasteiger partial charge in [0.05, 0.1) is 28.3 Å². The molecular formula is C27H37N7O2S. The summed E-state index contributed by atoms with van der Waals surface area (Å²) in [5.74, 6) is 1.97. The quantitative estimate of drug-likeness (QED) is 0.340. The lowest BCUT2D eigenvalue weighted by atomic mass is 10.0. The zero-order valence-corrected chi connectivity index (χ0v) is 23.2. The zero-order chi connectivity index (χ0) is 26.2. The second kappa shape index (κ2) is 10.5. The molecule has 0 aromatic carbocycles. The van der Waals surface area contributed by atoms with Crippen LogP contribution in [0.5, 0.6) is 0 Å². The predicted octanol–water partition coefficient (Wildman–Crippen LogP) is 4.89. The highest BCUT2D eigenvalue weighted by atomic mass is 32.1. The number of ether oxygens (including phenoxy) is 1. The van der Waals surface area contributed by atoms with Crippen molar-refractivity contribution in [2.45, 2.75) is 77.3 Å². The number of thiazole rings is 1. The van der Waals surface area contributed by atoms with Gasteiger partial charge in [0.1, 0.15) is 16.3 Å². The fourth-order valence-corrected chi connectivity index (χ4v) is 6.00. The molecule has 3 N–H and O–H groups in total. The molecule has 2 fully saturated rings. The lowest BCUT2D eigenvalue weighted by molar-refractivity contribution is -0.126. The first kappa shape index (κ1) is 25.8. The van der Waals surface area contributed by atoms with Gasteiger partial charge in [-0.25, -0.2) is 9.97 Å². The number of nitrogens with one attached hydrogen (secondary N) is 3. The highest BCUT2D eigenvalue weighted by Crippen LogP contribution is 2.44. The fourth-order valence-electron chi connectivity index (χ4n) is 4.93. The summed E-state index contributed by atoms with van der Waals surface area (Å²) in [6.07, 6.45) is 6.79. The number of amides is 1. The van der Waals surface area contributed by atoms with E-state index >= 15 is 0 Å². The summed E-state index contributed by atoms with van der Waals surface area (Å²) < 4.78 is 6.32. The number of carbonyl (C=O) groups is 1. The first-order chi connectivity index (χ1) is 17.7. The van der Waals surface area contributed by atoms with Gasteiger partial charge in [-0.05, 0) is 65.9 Å². The van der Waals surface area contributed by atoms with Gasteiger partial charge in [-0.3, -0.25) is 9.78 Å². The molecule has 3 aromatic rings. The third-order valence-corrected chi connectivity index (χ3v) is 7.87. The van der Waals surface area contributed by atoms with E-state index in [-0.39, 0.29) is 23.4 Å². The molecule has 0 aliphatic heterocycles. The molecule has 198 valence electrons. The van der Waals surface area contributed by atoms with Crippen LogP contribution in [-0.4, -0.2) is 57.7 Å². The van der Waals surface area contributed by atoms with Gasteiger partial charge in [-0.2, -0.15) is 4.98 Å². The molecule has 0 saturated heterocycles. The maximum Gasteiger partial charge on any atom is 0.224 e. The third-order valence-electron chi connectivity index (χ3n) is 6.84. The molecule has 0 radical (unpaired) electrons. The van der Waals surface area contributed by atoms with Crippen LogP contribution in [0, 0.1) is 12.8 Å². The number of methoxy groups -OCH3 is 1. The van der Waals surface area contributed by atoms with Crippen molar-refractivity contribution >= 4 is 39.2 Å². The number of aryl methyl sites for hydroxylation is 1. The number of nitrogens with zero attached hydrogens (tertiary/aromatic N) is 4. The van der Waals surface area contributed by atoms with Crippen molar-refractivity contribution in [3.8, 4) is 10.6 Å². The molecule has 2 saturated carbocycles. The first-order valence-corrected chi connectivity index (χ1v) is 14.0. The van der Waals surface area contributed by atoms with Gasteiger partial charge in [-0.15, -0.1) is 11.3 Å². The highest BCUT2D eigenvalue weighted by molar-refractivity contribution is 7.21. The minimum absolute atomic E-state index is 0.00275. The van der Waals surface area contributed by atoms with Crippen molar-refractivity contribution in [3.63, 3.8) is 0 Å². The standard InChI is InChI=1S/C27H37N7O2S/c1-15-20(25-32-22-19(37-25)10-11-28-21(22)16-6-7-16)23(33-26(30-15)29-12-13-36-5)31-18-9-8-17(14-18)24(35)34-27(2,3)4/h10-11,16-18H,6-9,12-14H2,1-5H3,(H,34,35)(H2,29,30,31,33). The summed E-state index contributed by atoms with van der Waals surface area (Å²) in [5, 5.41) is 11.0. The molecule has 0 spiro atoms. The molecule has 2 unspecified atom stereocenters. The maximum absolute atomic E-state index is 12.8. The minimum atomic E-state index is -0.233. The SMILES string of the molecule is COCCNc1nc(C)c(-c2nc3c(C4CC4)nccc3s2)c(NC2CCC(C(=O)NC(C)(C)C)C2)n1. The van der Waals surface area contributed by atoms with Crippen LogP contribution >= 0.6 is 11.3 Å². The number of carbonyl (C=O) groups excluding carboxylic acids is 1.